The van der Waals surface area contributed by atoms with Crippen molar-refractivity contribution in [2.45, 2.75) is 26.8 Å². The van der Waals surface area contributed by atoms with Crippen molar-refractivity contribution in [2.24, 2.45) is 0 Å². The van der Waals surface area contributed by atoms with E-state index in [-0.39, 0.29) is 11.9 Å². The molecule has 0 saturated carbocycles. The topological polar surface area (TPSA) is 56.8 Å². The van der Waals surface area contributed by atoms with Gasteiger partial charge in [-0.3, -0.25) is 4.79 Å². The number of methoxy groups -OCH3 is 1. The van der Waals surface area contributed by atoms with Crippen LogP contribution in [-0.4, -0.2) is 26.2 Å². The van der Waals surface area contributed by atoms with Crippen molar-refractivity contribution in [2.75, 3.05) is 20.3 Å². The smallest absolute Gasteiger partial charge is 0.244 e. The van der Waals surface area contributed by atoms with Crippen molar-refractivity contribution in [1.82, 2.24) is 5.32 Å². The number of hydrogen-bond donors (Lipinski definition) is 1. The summed E-state index contributed by atoms with van der Waals surface area (Å²) < 4.78 is 16.4. The van der Waals surface area contributed by atoms with E-state index >= 15 is 0 Å². The van der Waals surface area contributed by atoms with Gasteiger partial charge < -0.3 is 19.5 Å². The molecule has 2 aromatic rings. The first kappa shape index (κ1) is 20.4. The molecule has 2 aromatic carbocycles. The Bertz CT molecular complexity index is 786. The molecule has 144 valence electrons. The number of benzene rings is 2. The molecule has 0 radical (unpaired) electrons. The van der Waals surface area contributed by atoms with E-state index in [2.05, 4.69) is 5.32 Å². The molecule has 0 aliphatic rings. The molecule has 27 heavy (non-hydrogen) atoms. The zero-order chi connectivity index (χ0) is 19.6. The van der Waals surface area contributed by atoms with Gasteiger partial charge in [-0.25, -0.2) is 0 Å². The van der Waals surface area contributed by atoms with Gasteiger partial charge in [-0.1, -0.05) is 18.2 Å². The van der Waals surface area contributed by atoms with Gasteiger partial charge in [0.15, 0.2) is 11.5 Å². The van der Waals surface area contributed by atoms with E-state index in [1.54, 1.807) is 13.2 Å². The van der Waals surface area contributed by atoms with Crippen LogP contribution >= 0.6 is 0 Å². The molecule has 0 aliphatic heterocycles. The number of hydrogen-bond acceptors (Lipinski definition) is 4. The first-order chi connectivity index (χ1) is 13.1. The lowest BCUT2D eigenvalue weighted by Gasteiger charge is -2.17. The third kappa shape index (κ3) is 6.06. The monoisotopic (exact) mass is 369 g/mol. The van der Waals surface area contributed by atoms with E-state index < -0.39 is 0 Å². The summed E-state index contributed by atoms with van der Waals surface area (Å²) in [7, 11) is 1.62. The average molecular weight is 369 g/mol. The summed E-state index contributed by atoms with van der Waals surface area (Å²) in [5.74, 6) is 1.98. The van der Waals surface area contributed by atoms with Gasteiger partial charge in [0, 0.05) is 6.08 Å². The van der Waals surface area contributed by atoms with E-state index in [0.29, 0.717) is 24.7 Å². The fourth-order valence-electron chi connectivity index (χ4n) is 2.60. The maximum absolute atomic E-state index is 12.2. The number of amides is 1. The van der Waals surface area contributed by atoms with Gasteiger partial charge >= 0.3 is 0 Å². The van der Waals surface area contributed by atoms with E-state index in [1.807, 2.05) is 63.2 Å². The van der Waals surface area contributed by atoms with Gasteiger partial charge in [-0.05, 0) is 62.2 Å². The molecule has 5 nitrogen and oxygen atoms in total. The van der Waals surface area contributed by atoms with Crippen molar-refractivity contribution in [3.63, 3.8) is 0 Å². The Hall–Kier alpha value is -2.95. The van der Waals surface area contributed by atoms with Gasteiger partial charge in [0.1, 0.15) is 5.75 Å². The van der Waals surface area contributed by atoms with Crippen LogP contribution in [0.25, 0.3) is 6.08 Å². The van der Waals surface area contributed by atoms with Crippen LogP contribution in [0.2, 0.25) is 0 Å². The molecule has 2 rings (SSSR count). The lowest BCUT2D eigenvalue weighted by molar-refractivity contribution is -0.117. The maximum atomic E-state index is 12.2. The molecular weight excluding hydrogens is 342 g/mol. The Labute approximate surface area is 161 Å². The molecule has 0 fully saturated rings. The standard InChI is InChI=1S/C22H27NO4/c1-5-26-20-12-11-18(15-21(20)27-6-2)16(3)23-22(24)13-10-17-8-7-9-19(14-17)25-4/h7-16H,5-6H2,1-4H3,(H,23,24)/b13-10+. The van der Waals surface area contributed by atoms with Crippen LogP contribution in [0.15, 0.2) is 48.5 Å². The Morgan fingerprint density at radius 2 is 1.81 bits per heavy atom. The molecule has 1 unspecified atom stereocenters. The molecule has 0 heterocycles. The summed E-state index contributed by atoms with van der Waals surface area (Å²) in [5.41, 5.74) is 1.85. The Kier molecular flexibility index (Phi) is 7.74. The van der Waals surface area contributed by atoms with E-state index in [0.717, 1.165) is 16.9 Å². The van der Waals surface area contributed by atoms with Crippen molar-refractivity contribution in [3.8, 4) is 17.2 Å². The Morgan fingerprint density at radius 1 is 1.07 bits per heavy atom. The molecule has 5 heteroatoms. The third-order valence-corrected chi connectivity index (χ3v) is 3.95. The van der Waals surface area contributed by atoms with Gasteiger partial charge in [-0.15, -0.1) is 0 Å². The zero-order valence-electron chi connectivity index (χ0n) is 16.3. The average Bonchev–Trinajstić information content (AvgIpc) is 2.68. The summed E-state index contributed by atoms with van der Waals surface area (Å²) in [4.78, 5) is 12.2. The van der Waals surface area contributed by atoms with Crippen molar-refractivity contribution in [3.05, 3.63) is 59.7 Å². The summed E-state index contributed by atoms with van der Waals surface area (Å²) >= 11 is 0. The highest BCUT2D eigenvalue weighted by Crippen LogP contribution is 2.30. The van der Waals surface area contributed by atoms with Gasteiger partial charge in [0.05, 0.1) is 26.4 Å². The van der Waals surface area contributed by atoms with Crippen LogP contribution in [0, 0.1) is 0 Å². The molecule has 0 saturated heterocycles. The summed E-state index contributed by atoms with van der Waals surface area (Å²) in [6.07, 6.45) is 3.28. The molecular formula is C22H27NO4. The minimum atomic E-state index is -0.169. The number of ether oxygens (including phenoxy) is 3. The second kappa shape index (κ2) is 10.3. The van der Waals surface area contributed by atoms with Gasteiger partial charge in [0.2, 0.25) is 5.91 Å². The molecule has 1 amide bonds. The predicted molar refractivity (Wildman–Crippen MR) is 107 cm³/mol. The molecule has 0 bridgehead atoms. The quantitative estimate of drug-likeness (QED) is 0.666. The van der Waals surface area contributed by atoms with Crippen molar-refractivity contribution < 1.29 is 19.0 Å². The minimum Gasteiger partial charge on any atom is -0.497 e. The Balaban J connectivity index is 2.04. The summed E-state index contributed by atoms with van der Waals surface area (Å²) in [6.45, 7) is 6.91. The van der Waals surface area contributed by atoms with Crippen molar-refractivity contribution in [1.29, 1.82) is 0 Å². The van der Waals surface area contributed by atoms with E-state index in [1.165, 1.54) is 6.08 Å². The predicted octanol–water partition coefficient (Wildman–Crippen LogP) is 4.38. The first-order valence-electron chi connectivity index (χ1n) is 9.09. The van der Waals surface area contributed by atoms with Crippen LogP contribution in [0.1, 0.15) is 37.9 Å². The minimum absolute atomic E-state index is 0.164. The van der Waals surface area contributed by atoms with Gasteiger partial charge in [0.25, 0.3) is 0 Å². The lowest BCUT2D eigenvalue weighted by Crippen LogP contribution is -2.24. The number of nitrogens with one attached hydrogen (secondary N) is 1. The van der Waals surface area contributed by atoms with Crippen LogP contribution in [0.5, 0.6) is 17.2 Å². The summed E-state index contributed by atoms with van der Waals surface area (Å²) in [5, 5.41) is 2.96. The molecule has 0 spiro atoms. The molecule has 0 aliphatic carbocycles. The highest BCUT2D eigenvalue weighted by Gasteiger charge is 2.12. The van der Waals surface area contributed by atoms with Gasteiger partial charge in [-0.2, -0.15) is 0 Å². The second-order valence-electron chi connectivity index (χ2n) is 5.91. The van der Waals surface area contributed by atoms with Crippen LogP contribution in [0.4, 0.5) is 0 Å². The normalized spacial score (nSPS) is 11.9. The fourth-order valence-corrected chi connectivity index (χ4v) is 2.60. The number of carbonyl (C=O) groups excluding carboxylic acids is 1. The fraction of sp³-hybridized carbons (Fsp3) is 0.318. The highest BCUT2D eigenvalue weighted by atomic mass is 16.5. The number of carbonyl (C=O) groups is 1. The third-order valence-electron chi connectivity index (χ3n) is 3.95. The maximum Gasteiger partial charge on any atom is 0.244 e. The van der Waals surface area contributed by atoms with E-state index in [9.17, 15) is 4.79 Å². The number of rotatable bonds is 9. The SMILES string of the molecule is CCOc1ccc(C(C)NC(=O)/C=C/c2cccc(OC)c2)cc1OCC. The largest absolute Gasteiger partial charge is 0.497 e. The first-order valence-corrected chi connectivity index (χ1v) is 9.09. The van der Waals surface area contributed by atoms with E-state index in [4.69, 9.17) is 14.2 Å². The second-order valence-corrected chi connectivity index (χ2v) is 5.91. The molecule has 1 N–H and O–H groups in total. The van der Waals surface area contributed by atoms with Crippen molar-refractivity contribution >= 4 is 12.0 Å². The van der Waals surface area contributed by atoms with Crippen LogP contribution in [0.3, 0.4) is 0 Å². The molecule has 1 atom stereocenters. The Morgan fingerprint density at radius 3 is 2.52 bits per heavy atom. The van der Waals surface area contributed by atoms with Crippen LogP contribution in [-0.2, 0) is 4.79 Å². The van der Waals surface area contributed by atoms with Crippen LogP contribution < -0.4 is 19.5 Å². The lowest BCUT2D eigenvalue weighted by atomic mass is 10.1. The highest BCUT2D eigenvalue weighted by molar-refractivity contribution is 5.92. The summed E-state index contributed by atoms with van der Waals surface area (Å²) in [6, 6.07) is 13.1. The zero-order valence-corrected chi connectivity index (χ0v) is 16.3. The molecule has 0 aromatic heterocycles.